The lowest BCUT2D eigenvalue weighted by molar-refractivity contribution is -0.122. The van der Waals surface area contributed by atoms with Gasteiger partial charge in [0.05, 0.1) is 24.1 Å². The van der Waals surface area contributed by atoms with Crippen LogP contribution in [0.25, 0.3) is 0 Å². The number of nitrogens with one attached hydrogen (secondary N) is 1. The summed E-state index contributed by atoms with van der Waals surface area (Å²) in [6.07, 6.45) is 5.56. The molecule has 0 radical (unpaired) electrons. The smallest absolute Gasteiger partial charge is 0.271 e. The van der Waals surface area contributed by atoms with Gasteiger partial charge in [0.15, 0.2) is 5.54 Å². The van der Waals surface area contributed by atoms with Crippen LogP contribution in [0.4, 0.5) is 17.6 Å². The highest BCUT2D eigenvalue weighted by molar-refractivity contribution is 5.75. The Balaban J connectivity index is 1.34. The Morgan fingerprint density at radius 3 is 2.54 bits per heavy atom. The Morgan fingerprint density at radius 2 is 1.92 bits per heavy atom. The van der Waals surface area contributed by atoms with Crippen molar-refractivity contribution in [1.29, 1.82) is 0 Å². The van der Waals surface area contributed by atoms with Crippen molar-refractivity contribution >= 4 is 5.91 Å². The molecule has 1 amide bonds. The van der Waals surface area contributed by atoms with Gasteiger partial charge in [0.2, 0.25) is 5.91 Å². The van der Waals surface area contributed by atoms with Gasteiger partial charge in [-0.05, 0) is 42.5 Å². The van der Waals surface area contributed by atoms with Gasteiger partial charge >= 0.3 is 0 Å². The van der Waals surface area contributed by atoms with E-state index in [0.717, 1.165) is 24.1 Å². The standard InChI is InChI=1S/C29H32F4N4O2/c1-18(38)36-29(26(32)33,20-6-7-27(2,3)24(31)12-20)25-5-4-19(13-35-25)16-37-10-8-28(9-11-37)22-14-34-15-23(30)21(22)17-39-28/h4-6,12-15,26H,7-11,16-17H2,1-3H3,(H,36,38)/t29-/m1/s1. The van der Waals surface area contributed by atoms with Crippen LogP contribution in [0.2, 0.25) is 0 Å². The van der Waals surface area contributed by atoms with Crippen molar-refractivity contribution in [3.8, 4) is 0 Å². The third-order valence-electron chi connectivity index (χ3n) is 8.20. The molecule has 6 nitrogen and oxygen atoms in total. The number of nitrogens with zero attached hydrogens (tertiary/aromatic N) is 3. The second kappa shape index (κ2) is 10.1. The van der Waals surface area contributed by atoms with Gasteiger partial charge < -0.3 is 10.1 Å². The second-order valence-corrected chi connectivity index (χ2v) is 11.3. The van der Waals surface area contributed by atoms with Gasteiger partial charge in [-0.2, -0.15) is 0 Å². The maximum atomic E-state index is 14.8. The number of hydrogen-bond acceptors (Lipinski definition) is 5. The maximum absolute atomic E-state index is 14.8. The Hall–Kier alpha value is -3.11. The number of carbonyl (C=O) groups excluding carboxylic acids is 1. The fourth-order valence-corrected chi connectivity index (χ4v) is 5.77. The molecule has 0 bridgehead atoms. The predicted molar refractivity (Wildman–Crippen MR) is 137 cm³/mol. The second-order valence-electron chi connectivity index (χ2n) is 11.3. The van der Waals surface area contributed by atoms with Crippen LogP contribution in [0.5, 0.6) is 0 Å². The van der Waals surface area contributed by atoms with Gasteiger partial charge in [-0.15, -0.1) is 0 Å². The summed E-state index contributed by atoms with van der Waals surface area (Å²) in [4.78, 5) is 22.6. The first-order valence-corrected chi connectivity index (χ1v) is 13.1. The monoisotopic (exact) mass is 544 g/mol. The number of likely N-dealkylation sites (tertiary alicyclic amines) is 1. The molecule has 39 heavy (non-hydrogen) atoms. The zero-order valence-electron chi connectivity index (χ0n) is 22.2. The topological polar surface area (TPSA) is 67.4 Å². The van der Waals surface area contributed by atoms with Crippen LogP contribution in [0.1, 0.15) is 62.4 Å². The Bertz CT molecular complexity index is 1320. The number of piperidine rings is 1. The van der Waals surface area contributed by atoms with Crippen molar-refractivity contribution in [2.75, 3.05) is 13.1 Å². The minimum atomic E-state index is -3.07. The SMILES string of the molecule is CC(=O)N[C@](C1=CCC(C)(C)C(F)=C1)(c1ccc(CN2CCC3(CC2)OCc2c(F)cncc23)cn1)C(F)F. The van der Waals surface area contributed by atoms with E-state index in [-0.39, 0.29) is 30.1 Å². The molecular formula is C29H32F4N4O2. The van der Waals surface area contributed by atoms with E-state index in [1.54, 1.807) is 32.2 Å². The number of aromatic nitrogens is 2. The number of carbonyl (C=O) groups is 1. The van der Waals surface area contributed by atoms with E-state index in [1.165, 1.54) is 18.5 Å². The number of fused-ring (bicyclic) bond motifs is 2. The first-order chi connectivity index (χ1) is 18.5. The number of rotatable bonds is 6. The minimum absolute atomic E-state index is 0.0196. The predicted octanol–water partition coefficient (Wildman–Crippen LogP) is 5.44. The number of allylic oxidation sites excluding steroid dienone is 2. The third kappa shape index (κ3) is 4.89. The van der Waals surface area contributed by atoms with Gasteiger partial charge in [-0.25, -0.2) is 17.6 Å². The molecule has 2 aromatic heterocycles. The Morgan fingerprint density at radius 1 is 1.18 bits per heavy atom. The summed E-state index contributed by atoms with van der Waals surface area (Å²) in [5.74, 6) is -1.54. The average Bonchev–Trinajstić information content (AvgIpc) is 3.25. The molecule has 1 N–H and O–H groups in total. The lowest BCUT2D eigenvalue weighted by Gasteiger charge is -2.39. The summed E-state index contributed by atoms with van der Waals surface area (Å²) < 4.78 is 64.5. The molecule has 0 unspecified atom stereocenters. The van der Waals surface area contributed by atoms with E-state index in [9.17, 15) is 22.4 Å². The molecule has 1 saturated heterocycles. The summed E-state index contributed by atoms with van der Waals surface area (Å²) >= 11 is 0. The quantitative estimate of drug-likeness (QED) is 0.491. The maximum Gasteiger partial charge on any atom is 0.271 e. The summed E-state index contributed by atoms with van der Waals surface area (Å²) in [6, 6.07) is 3.18. The molecular weight excluding hydrogens is 512 g/mol. The van der Waals surface area contributed by atoms with Gasteiger partial charge in [-0.3, -0.25) is 19.7 Å². The van der Waals surface area contributed by atoms with Crippen LogP contribution in [0.15, 0.2) is 54.3 Å². The fourth-order valence-electron chi connectivity index (χ4n) is 5.77. The fraction of sp³-hybridized carbons (Fsp3) is 0.483. The van der Waals surface area contributed by atoms with Gasteiger partial charge in [-0.1, -0.05) is 26.0 Å². The lowest BCUT2D eigenvalue weighted by Crippen LogP contribution is -2.52. The Labute approximate surface area is 225 Å². The van der Waals surface area contributed by atoms with E-state index in [0.29, 0.717) is 38.0 Å². The highest BCUT2D eigenvalue weighted by Crippen LogP contribution is 2.45. The first-order valence-electron chi connectivity index (χ1n) is 13.1. The zero-order valence-corrected chi connectivity index (χ0v) is 22.2. The molecule has 1 fully saturated rings. The van der Waals surface area contributed by atoms with E-state index >= 15 is 0 Å². The van der Waals surface area contributed by atoms with Crippen LogP contribution in [-0.2, 0) is 33.8 Å². The molecule has 1 spiro atoms. The molecule has 1 aliphatic carbocycles. The number of alkyl halides is 2. The summed E-state index contributed by atoms with van der Waals surface area (Å²) in [7, 11) is 0. The van der Waals surface area contributed by atoms with Gasteiger partial charge in [0.25, 0.3) is 6.43 Å². The number of amides is 1. The highest BCUT2D eigenvalue weighted by Gasteiger charge is 2.48. The van der Waals surface area contributed by atoms with E-state index in [2.05, 4.69) is 20.2 Å². The summed E-state index contributed by atoms with van der Waals surface area (Å²) in [5, 5.41) is 2.38. The number of ether oxygens (including phenoxy) is 1. The van der Waals surface area contributed by atoms with Crippen molar-refractivity contribution < 1.29 is 27.1 Å². The summed E-state index contributed by atoms with van der Waals surface area (Å²) in [5.41, 5.74) is -1.50. The molecule has 208 valence electrons. The van der Waals surface area contributed by atoms with Crippen LogP contribution >= 0.6 is 0 Å². The lowest BCUT2D eigenvalue weighted by atomic mass is 9.76. The average molecular weight is 545 g/mol. The van der Waals surface area contributed by atoms with Crippen molar-refractivity contribution in [1.82, 2.24) is 20.2 Å². The molecule has 1 atom stereocenters. The minimum Gasteiger partial charge on any atom is -0.365 e. The van der Waals surface area contributed by atoms with Crippen LogP contribution in [0, 0.1) is 11.2 Å². The molecule has 3 aliphatic rings. The normalized spacial score (nSPS) is 21.7. The van der Waals surface area contributed by atoms with Crippen molar-refractivity contribution in [2.45, 2.75) is 70.8 Å². The van der Waals surface area contributed by atoms with Crippen LogP contribution < -0.4 is 5.32 Å². The third-order valence-corrected chi connectivity index (χ3v) is 8.20. The first kappa shape index (κ1) is 27.5. The van der Waals surface area contributed by atoms with Crippen molar-refractivity contribution in [3.63, 3.8) is 0 Å². The highest BCUT2D eigenvalue weighted by atomic mass is 19.3. The summed E-state index contributed by atoms with van der Waals surface area (Å²) in [6.45, 7) is 6.69. The van der Waals surface area contributed by atoms with Crippen molar-refractivity contribution in [3.05, 3.63) is 82.5 Å². The van der Waals surface area contributed by atoms with Gasteiger partial charge in [0.1, 0.15) is 11.6 Å². The molecule has 10 heteroatoms. The van der Waals surface area contributed by atoms with Crippen LogP contribution in [-0.4, -0.2) is 40.3 Å². The van der Waals surface area contributed by atoms with E-state index in [4.69, 9.17) is 4.74 Å². The molecule has 5 rings (SSSR count). The number of hydrogen-bond donors (Lipinski definition) is 1. The van der Waals surface area contributed by atoms with E-state index < -0.39 is 34.7 Å². The zero-order chi connectivity index (χ0) is 28.0. The molecule has 4 heterocycles. The number of pyridine rings is 2. The van der Waals surface area contributed by atoms with Gasteiger partial charge in [0, 0.05) is 55.5 Å². The largest absolute Gasteiger partial charge is 0.365 e. The van der Waals surface area contributed by atoms with E-state index in [1.807, 2.05) is 0 Å². The number of halogens is 4. The Kier molecular flexibility index (Phi) is 7.13. The molecule has 2 aromatic rings. The van der Waals surface area contributed by atoms with Crippen LogP contribution in [0.3, 0.4) is 0 Å². The molecule has 0 saturated carbocycles. The molecule has 0 aromatic carbocycles. The van der Waals surface area contributed by atoms with Crippen molar-refractivity contribution in [2.24, 2.45) is 5.41 Å². The molecule has 2 aliphatic heterocycles.